The van der Waals surface area contributed by atoms with E-state index < -0.39 is 10.0 Å². The van der Waals surface area contributed by atoms with Crippen molar-refractivity contribution in [2.75, 3.05) is 26.2 Å². The fourth-order valence-electron chi connectivity index (χ4n) is 2.13. The highest BCUT2D eigenvalue weighted by molar-refractivity contribution is 9.10. The number of hydrogen-bond donors (Lipinski definition) is 0. The van der Waals surface area contributed by atoms with E-state index >= 15 is 0 Å². The molecule has 1 unspecified atom stereocenters. The van der Waals surface area contributed by atoms with Gasteiger partial charge in [0.1, 0.15) is 0 Å². The molecule has 2 heterocycles. The second-order valence-electron chi connectivity index (χ2n) is 4.55. The van der Waals surface area contributed by atoms with Crippen molar-refractivity contribution in [2.45, 2.75) is 18.0 Å². The summed E-state index contributed by atoms with van der Waals surface area (Å²) in [5.41, 5.74) is 0. The van der Waals surface area contributed by atoms with E-state index in [1.165, 1.54) is 8.99 Å². The SMILES string of the molecule is CC(C#N)N1CCN(S(=O)(=O)c2c(Br)nnn2C)CC1. The first-order chi connectivity index (χ1) is 9.37. The zero-order chi connectivity index (χ0) is 14.9. The highest BCUT2D eigenvalue weighted by Crippen LogP contribution is 2.23. The number of aromatic nitrogens is 3. The Kier molecular flexibility index (Phi) is 4.43. The Morgan fingerprint density at radius 2 is 1.95 bits per heavy atom. The molecule has 20 heavy (non-hydrogen) atoms. The Hall–Kier alpha value is -1.02. The Morgan fingerprint density at radius 1 is 1.35 bits per heavy atom. The molecule has 2 rings (SSSR count). The molecule has 0 radical (unpaired) electrons. The molecule has 1 atom stereocenters. The molecule has 8 nitrogen and oxygen atoms in total. The van der Waals surface area contributed by atoms with Gasteiger partial charge in [-0.05, 0) is 22.9 Å². The lowest BCUT2D eigenvalue weighted by Crippen LogP contribution is -2.51. The lowest BCUT2D eigenvalue weighted by molar-refractivity contribution is 0.169. The molecule has 10 heteroatoms. The van der Waals surface area contributed by atoms with Gasteiger partial charge in [-0.25, -0.2) is 13.1 Å². The van der Waals surface area contributed by atoms with E-state index in [1.54, 1.807) is 7.05 Å². The van der Waals surface area contributed by atoms with E-state index in [1.807, 2.05) is 11.8 Å². The van der Waals surface area contributed by atoms with Crippen molar-refractivity contribution in [1.29, 1.82) is 5.26 Å². The molecule has 1 fully saturated rings. The topological polar surface area (TPSA) is 95.1 Å². The molecular weight excluding hydrogens is 348 g/mol. The maximum Gasteiger partial charge on any atom is 0.263 e. The number of piperazine rings is 1. The van der Waals surface area contributed by atoms with E-state index in [0.717, 1.165) is 0 Å². The molecule has 1 aliphatic heterocycles. The Labute approximate surface area is 126 Å². The summed E-state index contributed by atoms with van der Waals surface area (Å²) in [5, 5.41) is 16.3. The fourth-order valence-corrected chi connectivity index (χ4v) is 4.59. The van der Waals surface area contributed by atoms with Gasteiger partial charge in [0, 0.05) is 33.2 Å². The Balaban J connectivity index is 2.17. The van der Waals surface area contributed by atoms with Crippen LogP contribution in [0.25, 0.3) is 0 Å². The van der Waals surface area contributed by atoms with Crippen LogP contribution in [-0.2, 0) is 17.1 Å². The fraction of sp³-hybridized carbons (Fsp3) is 0.700. The van der Waals surface area contributed by atoms with Crippen LogP contribution in [0.2, 0.25) is 0 Å². The summed E-state index contributed by atoms with van der Waals surface area (Å²) in [6, 6.07) is 1.96. The second kappa shape index (κ2) is 5.77. The lowest BCUT2D eigenvalue weighted by Gasteiger charge is -2.34. The number of aryl methyl sites for hydroxylation is 1. The number of halogens is 1. The molecule has 0 N–H and O–H groups in total. The largest absolute Gasteiger partial charge is 0.286 e. The van der Waals surface area contributed by atoms with E-state index in [-0.39, 0.29) is 15.7 Å². The van der Waals surface area contributed by atoms with Crippen molar-refractivity contribution >= 4 is 26.0 Å². The minimum absolute atomic E-state index is 0.0549. The summed E-state index contributed by atoms with van der Waals surface area (Å²) in [6.45, 7) is 3.59. The van der Waals surface area contributed by atoms with Crippen molar-refractivity contribution in [2.24, 2.45) is 7.05 Å². The number of nitrogens with zero attached hydrogens (tertiary/aromatic N) is 6. The van der Waals surface area contributed by atoms with E-state index in [0.29, 0.717) is 26.2 Å². The zero-order valence-electron chi connectivity index (χ0n) is 11.2. The van der Waals surface area contributed by atoms with Crippen LogP contribution in [0.1, 0.15) is 6.92 Å². The molecule has 1 aromatic rings. The summed E-state index contributed by atoms with van der Waals surface area (Å²) in [4.78, 5) is 1.96. The third kappa shape index (κ3) is 2.71. The van der Waals surface area contributed by atoms with Crippen LogP contribution < -0.4 is 0 Å². The van der Waals surface area contributed by atoms with Crippen LogP contribution in [-0.4, -0.2) is 64.8 Å². The molecule has 0 aliphatic carbocycles. The maximum absolute atomic E-state index is 12.5. The number of nitriles is 1. The van der Waals surface area contributed by atoms with Crippen LogP contribution in [0, 0.1) is 11.3 Å². The number of hydrogen-bond acceptors (Lipinski definition) is 6. The highest BCUT2D eigenvalue weighted by Gasteiger charge is 2.34. The lowest BCUT2D eigenvalue weighted by atomic mass is 10.2. The van der Waals surface area contributed by atoms with Crippen molar-refractivity contribution < 1.29 is 8.42 Å². The quantitative estimate of drug-likeness (QED) is 0.738. The van der Waals surface area contributed by atoms with E-state index in [9.17, 15) is 8.42 Å². The van der Waals surface area contributed by atoms with Gasteiger partial charge in [0.05, 0.1) is 12.1 Å². The van der Waals surface area contributed by atoms with Gasteiger partial charge in [0.15, 0.2) is 4.60 Å². The maximum atomic E-state index is 12.5. The van der Waals surface area contributed by atoms with Crippen molar-refractivity contribution in [1.82, 2.24) is 24.2 Å². The van der Waals surface area contributed by atoms with Crippen LogP contribution in [0.15, 0.2) is 9.63 Å². The average Bonchev–Trinajstić information content (AvgIpc) is 2.78. The molecule has 1 aromatic heterocycles. The van der Waals surface area contributed by atoms with Gasteiger partial charge in [-0.1, -0.05) is 5.21 Å². The molecule has 0 aromatic carbocycles. The summed E-state index contributed by atoms with van der Waals surface area (Å²) in [5.74, 6) is 0. The summed E-state index contributed by atoms with van der Waals surface area (Å²) < 4.78 is 28.0. The number of sulfonamides is 1. The smallest absolute Gasteiger partial charge is 0.263 e. The van der Waals surface area contributed by atoms with Gasteiger partial charge in [-0.15, -0.1) is 5.10 Å². The molecule has 0 saturated carbocycles. The van der Waals surface area contributed by atoms with Gasteiger partial charge < -0.3 is 0 Å². The molecule has 1 saturated heterocycles. The first kappa shape index (κ1) is 15.4. The predicted molar refractivity (Wildman–Crippen MR) is 74.1 cm³/mol. The summed E-state index contributed by atoms with van der Waals surface area (Å²) in [7, 11) is -2.08. The molecule has 1 aliphatic rings. The van der Waals surface area contributed by atoms with Crippen molar-refractivity contribution in [3.8, 4) is 6.07 Å². The highest BCUT2D eigenvalue weighted by atomic mass is 79.9. The summed E-state index contributed by atoms with van der Waals surface area (Å²) >= 11 is 3.11. The third-order valence-electron chi connectivity index (χ3n) is 3.33. The third-order valence-corrected chi connectivity index (χ3v) is 6.12. The van der Waals surface area contributed by atoms with Crippen molar-refractivity contribution in [3.05, 3.63) is 4.60 Å². The molecule has 110 valence electrons. The average molecular weight is 363 g/mol. The van der Waals surface area contributed by atoms with Gasteiger partial charge in [-0.3, -0.25) is 4.90 Å². The van der Waals surface area contributed by atoms with E-state index in [4.69, 9.17) is 5.26 Å². The monoisotopic (exact) mass is 362 g/mol. The predicted octanol–water partition coefficient (Wildman–Crippen LogP) is -0.204. The zero-order valence-corrected chi connectivity index (χ0v) is 13.6. The molecule has 0 amide bonds. The molecular formula is C10H15BrN6O2S. The Morgan fingerprint density at radius 3 is 2.40 bits per heavy atom. The Bertz CT molecular complexity index is 609. The van der Waals surface area contributed by atoms with Crippen LogP contribution in [0.3, 0.4) is 0 Å². The van der Waals surface area contributed by atoms with Crippen LogP contribution in [0.5, 0.6) is 0 Å². The van der Waals surface area contributed by atoms with Gasteiger partial charge in [0.2, 0.25) is 5.03 Å². The normalized spacial score (nSPS) is 19.7. The van der Waals surface area contributed by atoms with E-state index in [2.05, 4.69) is 32.3 Å². The number of rotatable bonds is 3. The first-order valence-electron chi connectivity index (χ1n) is 6.07. The van der Waals surface area contributed by atoms with Crippen LogP contribution in [0.4, 0.5) is 0 Å². The first-order valence-corrected chi connectivity index (χ1v) is 8.30. The van der Waals surface area contributed by atoms with Crippen molar-refractivity contribution in [3.63, 3.8) is 0 Å². The minimum atomic E-state index is -3.62. The summed E-state index contributed by atoms with van der Waals surface area (Å²) in [6.07, 6.45) is 0. The second-order valence-corrected chi connectivity index (χ2v) is 7.16. The van der Waals surface area contributed by atoms with Gasteiger partial charge >= 0.3 is 0 Å². The minimum Gasteiger partial charge on any atom is -0.286 e. The molecule has 0 bridgehead atoms. The van der Waals surface area contributed by atoms with Gasteiger partial charge in [-0.2, -0.15) is 9.57 Å². The molecule has 0 spiro atoms. The van der Waals surface area contributed by atoms with Gasteiger partial charge in [0.25, 0.3) is 10.0 Å². The standard InChI is InChI=1S/C10H15BrN6O2S/c1-8(7-12)16-3-5-17(6-4-16)20(18,19)10-9(11)13-14-15(10)2/h8H,3-6H2,1-2H3. The van der Waals surface area contributed by atoms with Crippen LogP contribution >= 0.6 is 15.9 Å².